The van der Waals surface area contributed by atoms with Crippen molar-refractivity contribution < 1.29 is 32.6 Å². The predicted molar refractivity (Wildman–Crippen MR) is 80.7 cm³/mol. The predicted octanol–water partition coefficient (Wildman–Crippen LogP) is 2.67. The maximum absolute atomic E-state index is 13.9. The van der Waals surface area contributed by atoms with Crippen LogP contribution in [-0.2, 0) is 23.8 Å². The highest BCUT2D eigenvalue weighted by Crippen LogP contribution is 2.38. The number of hydrogen-bond donors (Lipinski definition) is 0. The summed E-state index contributed by atoms with van der Waals surface area (Å²) >= 11 is 11.3. The van der Waals surface area contributed by atoms with E-state index in [1.54, 1.807) is 0 Å². The monoisotopic (exact) mass is 381 g/mol. The van der Waals surface area contributed by atoms with Crippen LogP contribution in [-0.4, -0.2) is 39.5 Å². The van der Waals surface area contributed by atoms with Gasteiger partial charge in [0.05, 0.1) is 32.1 Å². The summed E-state index contributed by atoms with van der Waals surface area (Å²) < 4.78 is 42.1. The fourth-order valence-electron chi connectivity index (χ4n) is 2.09. The third kappa shape index (κ3) is 3.17. The average Bonchev–Trinajstić information content (AvgIpc) is 2.60. The number of rotatable bonds is 3. The highest BCUT2D eigenvalue weighted by Gasteiger charge is 2.34. The van der Waals surface area contributed by atoms with Crippen molar-refractivity contribution in [1.82, 2.24) is 0 Å². The van der Waals surface area contributed by atoms with Crippen LogP contribution in [0.5, 0.6) is 0 Å². The molecule has 1 aliphatic heterocycles. The Morgan fingerprint density at radius 1 is 1.17 bits per heavy atom. The van der Waals surface area contributed by atoms with E-state index in [0.29, 0.717) is 0 Å². The summed E-state index contributed by atoms with van der Waals surface area (Å²) in [7, 11) is 2.19. The Morgan fingerprint density at radius 2 is 1.79 bits per heavy atom. The molecule has 10 heteroatoms. The molecule has 0 aliphatic carbocycles. The first-order valence-corrected chi connectivity index (χ1v) is 7.17. The van der Waals surface area contributed by atoms with Gasteiger partial charge in [-0.05, 0) is 0 Å². The third-order valence-electron chi connectivity index (χ3n) is 3.21. The summed E-state index contributed by atoms with van der Waals surface area (Å²) in [4.78, 5) is 24.9. The van der Waals surface area contributed by atoms with E-state index in [0.717, 1.165) is 25.2 Å². The van der Waals surface area contributed by atoms with Crippen molar-refractivity contribution in [3.05, 3.63) is 39.0 Å². The molecule has 0 radical (unpaired) electrons. The molecule has 0 N–H and O–H groups in total. The first-order chi connectivity index (χ1) is 11.3. The first-order valence-electron chi connectivity index (χ1n) is 6.41. The molecule has 1 aliphatic rings. The number of halogens is 4. The number of nitrogens with zero attached hydrogens (tertiary/aromatic N) is 1. The van der Waals surface area contributed by atoms with E-state index in [-0.39, 0.29) is 30.3 Å². The molecule has 0 saturated heterocycles. The number of carbonyl (C=O) groups excluding carboxylic acids is 2. The Labute approximate surface area is 145 Å². The lowest BCUT2D eigenvalue weighted by Gasteiger charge is -2.32. The topological polar surface area (TPSA) is 65.1 Å². The molecular formula is C14H11Cl2F2NO5. The Morgan fingerprint density at radius 3 is 2.38 bits per heavy atom. The van der Waals surface area contributed by atoms with Gasteiger partial charge in [0, 0.05) is 6.07 Å². The Balaban J connectivity index is 2.68. The number of esters is 2. The fraction of sp³-hybridized carbons (Fsp3) is 0.286. The normalized spacial score (nSPS) is 14.7. The van der Waals surface area contributed by atoms with E-state index in [1.807, 2.05) is 0 Å². The van der Waals surface area contributed by atoms with Crippen LogP contribution in [0.4, 0.5) is 14.5 Å². The summed E-state index contributed by atoms with van der Waals surface area (Å²) in [5.41, 5.74) is -0.723. The SMILES string of the molecule is COC(=O)C1=C(C(=O)OC)N(c2cc(F)c(Cl)c(F)c2Cl)COC1. The summed E-state index contributed by atoms with van der Waals surface area (Å²) in [6, 6.07) is 0.820. The lowest BCUT2D eigenvalue weighted by molar-refractivity contribution is -0.140. The largest absolute Gasteiger partial charge is 0.466 e. The molecule has 0 atom stereocenters. The minimum absolute atomic E-state index is 0.178. The van der Waals surface area contributed by atoms with Gasteiger partial charge in [0.25, 0.3) is 0 Å². The molecule has 0 saturated carbocycles. The average molecular weight is 382 g/mol. The van der Waals surface area contributed by atoms with Crippen LogP contribution in [0.2, 0.25) is 10.0 Å². The standard InChI is InChI=1S/C14H11Cl2F2NO5/c1-22-13(20)6-4-24-5-19(12(6)14(21)23-2)8-3-7(17)9(15)11(18)10(8)16/h3H,4-5H2,1-2H3. The third-order valence-corrected chi connectivity index (χ3v) is 3.91. The van der Waals surface area contributed by atoms with Crippen molar-refractivity contribution in [2.24, 2.45) is 0 Å². The highest BCUT2D eigenvalue weighted by molar-refractivity contribution is 6.37. The quantitative estimate of drug-likeness (QED) is 0.455. The summed E-state index contributed by atoms with van der Waals surface area (Å²) in [5.74, 6) is -4.08. The number of carbonyl (C=O) groups is 2. The van der Waals surface area contributed by atoms with Gasteiger partial charge in [-0.1, -0.05) is 23.2 Å². The van der Waals surface area contributed by atoms with Crippen molar-refractivity contribution in [2.75, 3.05) is 32.5 Å². The molecule has 24 heavy (non-hydrogen) atoms. The maximum Gasteiger partial charge on any atom is 0.355 e. The van der Waals surface area contributed by atoms with Gasteiger partial charge in [0.2, 0.25) is 0 Å². The molecule has 1 aromatic carbocycles. The molecule has 6 nitrogen and oxygen atoms in total. The minimum atomic E-state index is -1.21. The van der Waals surface area contributed by atoms with Crippen LogP contribution < -0.4 is 4.90 Å². The number of ether oxygens (including phenoxy) is 3. The number of hydrogen-bond acceptors (Lipinski definition) is 6. The van der Waals surface area contributed by atoms with Gasteiger partial charge in [-0.2, -0.15) is 0 Å². The van der Waals surface area contributed by atoms with Crippen molar-refractivity contribution in [3.8, 4) is 0 Å². The summed E-state index contributed by atoms with van der Waals surface area (Å²) in [6.45, 7) is -0.547. The molecule has 0 fully saturated rings. The molecule has 0 aromatic heterocycles. The van der Waals surface area contributed by atoms with Gasteiger partial charge >= 0.3 is 11.9 Å². The molecule has 130 valence electrons. The van der Waals surface area contributed by atoms with Gasteiger partial charge in [0.1, 0.15) is 28.3 Å². The van der Waals surface area contributed by atoms with Crippen LogP contribution in [0.15, 0.2) is 17.3 Å². The molecule has 0 amide bonds. The van der Waals surface area contributed by atoms with Crippen molar-refractivity contribution in [3.63, 3.8) is 0 Å². The van der Waals surface area contributed by atoms with Crippen LogP contribution in [0.3, 0.4) is 0 Å². The fourth-order valence-corrected chi connectivity index (χ4v) is 2.54. The zero-order chi connectivity index (χ0) is 18.0. The van der Waals surface area contributed by atoms with Crippen molar-refractivity contribution >= 4 is 40.8 Å². The second kappa shape index (κ2) is 7.33. The van der Waals surface area contributed by atoms with Crippen LogP contribution in [0.1, 0.15) is 0 Å². The van der Waals surface area contributed by atoms with E-state index < -0.39 is 33.6 Å². The van der Waals surface area contributed by atoms with Gasteiger partial charge < -0.3 is 19.1 Å². The Bertz CT molecular complexity index is 738. The molecule has 0 bridgehead atoms. The second-order valence-corrected chi connectivity index (χ2v) is 5.29. The van der Waals surface area contributed by atoms with E-state index in [9.17, 15) is 18.4 Å². The van der Waals surface area contributed by atoms with Gasteiger partial charge in [-0.3, -0.25) is 0 Å². The lowest BCUT2D eigenvalue weighted by Crippen LogP contribution is -2.39. The van der Waals surface area contributed by atoms with E-state index >= 15 is 0 Å². The molecule has 2 rings (SSSR count). The van der Waals surface area contributed by atoms with Crippen LogP contribution in [0.25, 0.3) is 0 Å². The lowest BCUT2D eigenvalue weighted by atomic mass is 10.1. The van der Waals surface area contributed by atoms with E-state index in [4.69, 9.17) is 27.9 Å². The van der Waals surface area contributed by atoms with Crippen molar-refractivity contribution in [1.29, 1.82) is 0 Å². The van der Waals surface area contributed by atoms with E-state index in [1.165, 1.54) is 0 Å². The number of methoxy groups -OCH3 is 2. The number of anilines is 1. The Kier molecular flexibility index (Phi) is 5.63. The molecule has 0 unspecified atom stereocenters. The number of benzene rings is 1. The Hall–Kier alpha value is -1.90. The van der Waals surface area contributed by atoms with Gasteiger partial charge in [0.15, 0.2) is 5.82 Å². The second-order valence-electron chi connectivity index (χ2n) is 4.54. The van der Waals surface area contributed by atoms with Crippen molar-refractivity contribution in [2.45, 2.75) is 0 Å². The molecular weight excluding hydrogens is 371 g/mol. The van der Waals surface area contributed by atoms with Crippen LogP contribution in [0, 0.1) is 11.6 Å². The molecule has 1 aromatic rings. The smallest absolute Gasteiger partial charge is 0.355 e. The minimum Gasteiger partial charge on any atom is -0.466 e. The van der Waals surface area contributed by atoms with E-state index in [2.05, 4.69) is 9.47 Å². The zero-order valence-electron chi connectivity index (χ0n) is 12.5. The summed E-state index contributed by atoms with van der Waals surface area (Å²) in [6.07, 6.45) is 0. The maximum atomic E-state index is 13.9. The molecule has 0 spiro atoms. The summed E-state index contributed by atoms with van der Waals surface area (Å²) in [5, 5.41) is -1.34. The molecule has 1 heterocycles. The van der Waals surface area contributed by atoms with Gasteiger partial charge in [-0.25, -0.2) is 18.4 Å². The first kappa shape index (κ1) is 18.4. The van der Waals surface area contributed by atoms with Crippen LogP contribution >= 0.6 is 23.2 Å². The van der Waals surface area contributed by atoms with Gasteiger partial charge in [-0.15, -0.1) is 0 Å². The highest BCUT2D eigenvalue weighted by atomic mass is 35.5. The zero-order valence-corrected chi connectivity index (χ0v) is 14.0.